The van der Waals surface area contributed by atoms with Gasteiger partial charge >= 0.3 is 0 Å². The van der Waals surface area contributed by atoms with Gasteiger partial charge in [0, 0.05) is 17.3 Å². The van der Waals surface area contributed by atoms with E-state index in [0.29, 0.717) is 58.1 Å². The van der Waals surface area contributed by atoms with Gasteiger partial charge in [-0.05, 0) is 30.7 Å². The lowest BCUT2D eigenvalue weighted by molar-refractivity contribution is -0.113. The van der Waals surface area contributed by atoms with Gasteiger partial charge in [-0.25, -0.2) is 4.68 Å². The van der Waals surface area contributed by atoms with Gasteiger partial charge in [-0.2, -0.15) is 10.1 Å². The SMILES string of the molecule is COc1ccc(NC(=O)C2=C(C)Nc3ncnn3C2c2cccc(OC)c2OCc2ccccc2)c(OC)c1. The molecule has 3 aromatic carbocycles. The Kier molecular flexibility index (Phi) is 7.35. The molecule has 0 fully saturated rings. The molecule has 1 unspecified atom stereocenters. The van der Waals surface area contributed by atoms with E-state index in [1.807, 2.05) is 55.5 Å². The van der Waals surface area contributed by atoms with Crippen molar-refractivity contribution in [1.82, 2.24) is 14.8 Å². The minimum absolute atomic E-state index is 0.316. The number of carbonyl (C=O) groups excluding carboxylic acids is 1. The summed E-state index contributed by atoms with van der Waals surface area (Å²) < 4.78 is 24.5. The molecule has 10 nitrogen and oxygen atoms in total. The fourth-order valence-electron chi connectivity index (χ4n) is 4.56. The normalized spacial score (nSPS) is 14.2. The molecule has 2 N–H and O–H groups in total. The van der Waals surface area contributed by atoms with Crippen LogP contribution in [0.1, 0.15) is 24.1 Å². The second-order valence-electron chi connectivity index (χ2n) is 8.77. The number of aromatic nitrogens is 3. The lowest BCUT2D eigenvalue weighted by Gasteiger charge is -2.30. The van der Waals surface area contributed by atoms with Crippen molar-refractivity contribution in [3.8, 4) is 23.0 Å². The van der Waals surface area contributed by atoms with E-state index in [1.165, 1.54) is 13.4 Å². The molecule has 0 bridgehead atoms. The number of methoxy groups -OCH3 is 3. The number of amides is 1. The van der Waals surface area contributed by atoms with Gasteiger partial charge in [-0.3, -0.25) is 4.79 Å². The number of benzene rings is 3. The molecule has 2 heterocycles. The molecule has 0 saturated heterocycles. The summed E-state index contributed by atoms with van der Waals surface area (Å²) in [6.07, 6.45) is 1.45. The highest BCUT2D eigenvalue weighted by Crippen LogP contribution is 2.43. The molecule has 39 heavy (non-hydrogen) atoms. The van der Waals surface area contributed by atoms with E-state index in [9.17, 15) is 4.79 Å². The van der Waals surface area contributed by atoms with E-state index in [2.05, 4.69) is 20.7 Å². The van der Waals surface area contributed by atoms with Crippen LogP contribution in [0.15, 0.2) is 84.3 Å². The summed E-state index contributed by atoms with van der Waals surface area (Å²) in [5.74, 6) is 2.30. The molecular formula is C29H29N5O5. The van der Waals surface area contributed by atoms with Crippen LogP contribution in [0.2, 0.25) is 0 Å². The molecule has 5 rings (SSSR count). The van der Waals surface area contributed by atoms with Gasteiger partial charge in [0.1, 0.15) is 30.5 Å². The summed E-state index contributed by atoms with van der Waals surface area (Å²) in [6, 6.07) is 20.0. The number of nitrogens with zero attached hydrogens (tertiary/aromatic N) is 3. The minimum Gasteiger partial charge on any atom is -0.497 e. The number of carbonyl (C=O) groups is 1. The first-order valence-corrected chi connectivity index (χ1v) is 12.3. The number of rotatable bonds is 9. The lowest BCUT2D eigenvalue weighted by Crippen LogP contribution is -2.32. The van der Waals surface area contributed by atoms with Crippen molar-refractivity contribution in [2.24, 2.45) is 0 Å². The van der Waals surface area contributed by atoms with Crippen LogP contribution in [0.5, 0.6) is 23.0 Å². The number of anilines is 2. The average Bonchev–Trinajstić information content (AvgIpc) is 3.44. The second kappa shape index (κ2) is 11.2. The number of ether oxygens (including phenoxy) is 4. The highest BCUT2D eigenvalue weighted by atomic mass is 16.5. The van der Waals surface area contributed by atoms with Gasteiger partial charge in [0.2, 0.25) is 5.95 Å². The van der Waals surface area contributed by atoms with Gasteiger partial charge < -0.3 is 29.6 Å². The second-order valence-corrected chi connectivity index (χ2v) is 8.77. The zero-order valence-corrected chi connectivity index (χ0v) is 22.1. The van der Waals surface area contributed by atoms with E-state index >= 15 is 0 Å². The Bertz CT molecular complexity index is 1520. The largest absolute Gasteiger partial charge is 0.497 e. The Labute approximate surface area is 226 Å². The predicted molar refractivity (Wildman–Crippen MR) is 146 cm³/mol. The van der Waals surface area contributed by atoms with Gasteiger partial charge in [0.15, 0.2) is 11.5 Å². The number of nitrogens with one attached hydrogen (secondary N) is 2. The van der Waals surface area contributed by atoms with Crippen LogP contribution in [-0.4, -0.2) is 42.0 Å². The zero-order valence-electron chi connectivity index (χ0n) is 22.1. The molecule has 10 heteroatoms. The maximum absolute atomic E-state index is 13.9. The van der Waals surface area contributed by atoms with Crippen LogP contribution >= 0.6 is 0 Å². The molecule has 1 atom stereocenters. The third kappa shape index (κ3) is 5.08. The summed E-state index contributed by atoms with van der Waals surface area (Å²) in [6.45, 7) is 2.15. The van der Waals surface area contributed by atoms with Gasteiger partial charge in [-0.1, -0.05) is 42.5 Å². The van der Waals surface area contributed by atoms with E-state index in [1.54, 1.807) is 37.1 Å². The van der Waals surface area contributed by atoms with Crippen molar-refractivity contribution in [3.05, 3.63) is 95.5 Å². The number of fused-ring (bicyclic) bond motifs is 1. The van der Waals surface area contributed by atoms with E-state index in [4.69, 9.17) is 18.9 Å². The van der Waals surface area contributed by atoms with Crippen LogP contribution in [0.4, 0.5) is 11.6 Å². The maximum atomic E-state index is 13.9. The number of hydrogen-bond donors (Lipinski definition) is 2. The summed E-state index contributed by atoms with van der Waals surface area (Å²) in [5.41, 5.74) is 3.26. The molecule has 0 spiro atoms. The zero-order chi connectivity index (χ0) is 27.4. The van der Waals surface area contributed by atoms with Crippen molar-refractivity contribution < 1.29 is 23.7 Å². The monoisotopic (exact) mass is 527 g/mol. The quantitative estimate of drug-likeness (QED) is 0.319. The molecule has 1 aliphatic rings. The van der Waals surface area contributed by atoms with Crippen LogP contribution in [0.3, 0.4) is 0 Å². The molecular weight excluding hydrogens is 498 g/mol. The third-order valence-electron chi connectivity index (χ3n) is 6.45. The first-order chi connectivity index (χ1) is 19.0. The maximum Gasteiger partial charge on any atom is 0.255 e. The Morgan fingerprint density at radius 3 is 2.51 bits per heavy atom. The minimum atomic E-state index is -0.658. The molecule has 1 aromatic heterocycles. The van der Waals surface area contributed by atoms with Crippen LogP contribution in [-0.2, 0) is 11.4 Å². The Morgan fingerprint density at radius 1 is 0.974 bits per heavy atom. The molecule has 0 saturated carbocycles. The number of para-hydroxylation sites is 1. The molecule has 0 aliphatic carbocycles. The highest BCUT2D eigenvalue weighted by molar-refractivity contribution is 6.06. The van der Waals surface area contributed by atoms with Gasteiger partial charge in [0.05, 0.1) is 32.6 Å². The predicted octanol–water partition coefficient (Wildman–Crippen LogP) is 4.81. The fourth-order valence-corrected chi connectivity index (χ4v) is 4.56. The average molecular weight is 528 g/mol. The topological polar surface area (TPSA) is 109 Å². The standard InChI is InChI=1S/C29H29N5O5/c1-18-25(28(35)33-22-14-13-20(36-2)15-24(22)38-4)26(34-29(32-18)30-17-31-34)21-11-8-12-23(37-3)27(21)39-16-19-9-6-5-7-10-19/h5-15,17,26H,16H2,1-4H3,(H,33,35)(H,30,31,32). The Balaban J connectivity index is 1.57. The van der Waals surface area contributed by atoms with Gasteiger partial charge in [-0.15, -0.1) is 0 Å². The van der Waals surface area contributed by atoms with Crippen LogP contribution in [0.25, 0.3) is 0 Å². The molecule has 1 aliphatic heterocycles. The smallest absolute Gasteiger partial charge is 0.255 e. The molecule has 1 amide bonds. The Hall–Kier alpha value is -4.99. The van der Waals surface area contributed by atoms with Crippen LogP contribution in [0, 0.1) is 0 Å². The number of allylic oxidation sites excluding steroid dienone is 1. The van der Waals surface area contributed by atoms with E-state index in [0.717, 1.165) is 5.56 Å². The van der Waals surface area contributed by atoms with Crippen LogP contribution < -0.4 is 29.6 Å². The molecule has 0 radical (unpaired) electrons. The molecule has 200 valence electrons. The summed E-state index contributed by atoms with van der Waals surface area (Å²) >= 11 is 0. The van der Waals surface area contributed by atoms with Crippen molar-refractivity contribution in [2.75, 3.05) is 32.0 Å². The third-order valence-corrected chi connectivity index (χ3v) is 6.45. The highest BCUT2D eigenvalue weighted by Gasteiger charge is 2.36. The van der Waals surface area contributed by atoms with E-state index in [-0.39, 0.29) is 5.91 Å². The summed E-state index contributed by atoms with van der Waals surface area (Å²) in [7, 11) is 4.69. The first-order valence-electron chi connectivity index (χ1n) is 12.3. The fraction of sp³-hybridized carbons (Fsp3) is 0.207. The summed E-state index contributed by atoms with van der Waals surface area (Å²) in [4.78, 5) is 18.3. The van der Waals surface area contributed by atoms with Crippen molar-refractivity contribution in [3.63, 3.8) is 0 Å². The lowest BCUT2D eigenvalue weighted by atomic mass is 9.93. The van der Waals surface area contributed by atoms with Crippen molar-refractivity contribution >= 4 is 17.5 Å². The number of hydrogen-bond acceptors (Lipinski definition) is 8. The van der Waals surface area contributed by atoms with Gasteiger partial charge in [0.25, 0.3) is 5.91 Å². The molecule has 4 aromatic rings. The van der Waals surface area contributed by atoms with E-state index < -0.39 is 6.04 Å². The Morgan fingerprint density at radius 2 is 1.77 bits per heavy atom. The summed E-state index contributed by atoms with van der Waals surface area (Å²) in [5, 5.41) is 10.6. The van der Waals surface area contributed by atoms with Crippen molar-refractivity contribution in [2.45, 2.75) is 19.6 Å². The van der Waals surface area contributed by atoms with Crippen molar-refractivity contribution in [1.29, 1.82) is 0 Å². The first kappa shape index (κ1) is 25.7.